The number of nitrogens with one attached hydrogen (secondary N) is 4. The molecule has 11 heteroatoms. The Morgan fingerprint density at radius 1 is 0.915 bits per heavy atom. The van der Waals surface area contributed by atoms with Crippen molar-refractivity contribution in [1.82, 2.24) is 0 Å². The monoisotopic (exact) mass is 648 g/mol. The molecule has 2 atom stereocenters. The molecule has 2 amide bonds. The smallest absolute Gasteiger partial charge is 0.411 e. The summed E-state index contributed by atoms with van der Waals surface area (Å²) < 4.78 is 10.7. The highest BCUT2D eigenvalue weighted by atomic mass is 16.5. The Bertz CT molecular complexity index is 1520. The van der Waals surface area contributed by atoms with Crippen molar-refractivity contribution in [3.05, 3.63) is 71.9 Å². The zero-order valence-electron chi connectivity index (χ0n) is 27.9. The Morgan fingerprint density at radius 2 is 1.64 bits per heavy atom. The average molecular weight is 649 g/mol. The zero-order valence-corrected chi connectivity index (χ0v) is 27.9. The highest BCUT2D eigenvalue weighted by molar-refractivity contribution is 5.99. The van der Waals surface area contributed by atoms with Gasteiger partial charge >= 0.3 is 17.9 Å². The van der Waals surface area contributed by atoms with Gasteiger partial charge in [0.2, 0.25) is 5.69 Å². The second kappa shape index (κ2) is 18.3. The molecule has 0 aliphatic heterocycles. The molecule has 3 aromatic rings. The standard InChI is InChI=1S/C36H46N4O7/c1-23(2)18-25(19-30(41)10-6-9-26(22-34(43)44)27-11-16-31(46-4)32(21-27)47-5)20-33(42)38-28-12-14-29(15-13-28)39-36(45)40-35-24(3)8-7-17-37-35/h7-8,11-17,21,23,25-26H,6,9-10,18-20,22H2,1-5H3,(H,38,42)(H,43,44)(H2,37,39,40,45)/p+2/t25?,26-/m0/s1. The number of methoxy groups -OCH3 is 2. The molecule has 252 valence electrons. The maximum Gasteiger partial charge on any atom is 0.411 e. The van der Waals surface area contributed by atoms with Crippen LogP contribution in [0.25, 0.3) is 0 Å². The van der Waals surface area contributed by atoms with E-state index in [0.717, 1.165) is 17.5 Å². The molecule has 0 fully saturated rings. The number of aliphatic carboxylic acids is 1. The zero-order chi connectivity index (χ0) is 34.3. The van der Waals surface area contributed by atoms with Crippen LogP contribution in [0.3, 0.4) is 0 Å². The van der Waals surface area contributed by atoms with Gasteiger partial charge in [-0.25, -0.2) is 9.78 Å². The number of amides is 2. The summed E-state index contributed by atoms with van der Waals surface area (Å²) >= 11 is 0. The van der Waals surface area contributed by atoms with E-state index < -0.39 is 5.97 Å². The van der Waals surface area contributed by atoms with Crippen molar-refractivity contribution in [3.8, 4) is 11.5 Å². The van der Waals surface area contributed by atoms with Gasteiger partial charge in [-0.15, -0.1) is 0 Å². The van der Waals surface area contributed by atoms with Crippen LogP contribution in [0.15, 0.2) is 60.8 Å². The first-order valence-corrected chi connectivity index (χ1v) is 15.9. The Balaban J connectivity index is 1.55. The van der Waals surface area contributed by atoms with Crippen molar-refractivity contribution in [3.63, 3.8) is 0 Å². The highest BCUT2D eigenvalue weighted by Gasteiger charge is 2.22. The summed E-state index contributed by atoms with van der Waals surface area (Å²) in [6, 6.07) is 15.7. The molecule has 0 aliphatic carbocycles. The second-order valence-electron chi connectivity index (χ2n) is 12.2. The molecule has 1 aromatic heterocycles. The van der Waals surface area contributed by atoms with Gasteiger partial charge in [-0.1, -0.05) is 19.9 Å². The Labute approximate surface area is 276 Å². The van der Waals surface area contributed by atoms with Crippen molar-refractivity contribution in [1.29, 1.82) is 0 Å². The number of hydrogen-bond donors (Lipinski definition) is 5. The number of carboxylic acid groups (broad SMARTS) is 1. The number of carbonyl (C=O) groups is 3. The SMILES string of the molecule is COc1ccc([C@@H](CCCC(=O)CC(CC(O)=[NH+]c2ccc(NC(=O)Nc3[nH+]cccc3C)cc2)CC(C)C)CC(=O)O)cc1OC. The van der Waals surface area contributed by atoms with E-state index in [1.807, 2.05) is 25.1 Å². The summed E-state index contributed by atoms with van der Waals surface area (Å²) in [7, 11) is 3.08. The lowest BCUT2D eigenvalue weighted by molar-refractivity contribution is -0.368. The minimum absolute atomic E-state index is 0.0511. The molecule has 0 saturated heterocycles. The molecule has 1 unspecified atom stereocenters. The number of H-pyrrole nitrogens is 1. The molecule has 0 radical (unpaired) electrons. The molecule has 0 spiro atoms. The Morgan fingerprint density at radius 3 is 2.28 bits per heavy atom. The van der Waals surface area contributed by atoms with E-state index in [0.29, 0.717) is 66.7 Å². The highest BCUT2D eigenvalue weighted by Crippen LogP contribution is 2.34. The summed E-state index contributed by atoms with van der Waals surface area (Å²) in [5, 5.41) is 25.8. The molecule has 0 bridgehead atoms. The van der Waals surface area contributed by atoms with Crippen LogP contribution in [-0.4, -0.2) is 48.1 Å². The summed E-state index contributed by atoms with van der Waals surface area (Å²) in [6.07, 6.45) is 4.50. The van der Waals surface area contributed by atoms with E-state index in [2.05, 4.69) is 34.5 Å². The number of benzene rings is 2. The largest absolute Gasteiger partial charge is 0.493 e. The lowest BCUT2D eigenvalue weighted by atomic mass is 9.87. The number of anilines is 2. The summed E-state index contributed by atoms with van der Waals surface area (Å²) in [6.45, 7) is 6.06. The molecule has 6 N–H and O–H groups in total. The molecule has 11 nitrogen and oxygen atoms in total. The second-order valence-corrected chi connectivity index (χ2v) is 12.2. The van der Waals surface area contributed by atoms with Gasteiger partial charge < -0.3 is 19.7 Å². The predicted octanol–water partition coefficient (Wildman–Crippen LogP) is 5.58. The number of aryl methyl sites for hydroxylation is 1. The third-order valence-electron chi connectivity index (χ3n) is 7.85. The van der Waals surface area contributed by atoms with E-state index in [-0.39, 0.29) is 36.0 Å². The minimum Gasteiger partial charge on any atom is -0.493 e. The number of ketones is 1. The predicted molar refractivity (Wildman–Crippen MR) is 181 cm³/mol. The number of carboxylic acids is 1. The van der Waals surface area contributed by atoms with Gasteiger partial charge in [0.25, 0.3) is 5.82 Å². The quantitative estimate of drug-likeness (QED) is 0.0888. The number of urea groups is 1. The number of aromatic nitrogens is 1. The fraction of sp³-hybridized carbons (Fsp3) is 0.417. The van der Waals surface area contributed by atoms with Crippen LogP contribution in [0.4, 0.5) is 22.0 Å². The van der Waals surface area contributed by atoms with Crippen molar-refractivity contribution in [2.75, 3.05) is 24.9 Å². The summed E-state index contributed by atoms with van der Waals surface area (Å²) in [5.74, 6) is 0.958. The number of aliphatic hydroxyl groups excluding tert-OH is 1. The van der Waals surface area contributed by atoms with Gasteiger partial charge in [-0.2, -0.15) is 10.3 Å². The van der Waals surface area contributed by atoms with Crippen molar-refractivity contribution >= 4 is 40.9 Å². The van der Waals surface area contributed by atoms with Gasteiger partial charge in [0.05, 0.1) is 33.3 Å². The fourth-order valence-electron chi connectivity index (χ4n) is 5.64. The lowest BCUT2D eigenvalue weighted by Gasteiger charge is -2.18. The van der Waals surface area contributed by atoms with Crippen LogP contribution >= 0.6 is 0 Å². The molecule has 2 aromatic carbocycles. The first-order chi connectivity index (χ1) is 22.5. The summed E-state index contributed by atoms with van der Waals surface area (Å²) in [4.78, 5) is 43.0. The molecular weight excluding hydrogens is 600 g/mol. The van der Waals surface area contributed by atoms with Crippen LogP contribution in [0, 0.1) is 18.8 Å². The number of rotatable bonds is 18. The number of carbonyl (C=O) groups excluding carboxylic acids is 2. The number of hydrogen-bond acceptors (Lipinski definition) is 5. The van der Waals surface area contributed by atoms with Gasteiger partial charge in [-0.05, 0) is 85.9 Å². The Hall–Kier alpha value is -4.93. The van der Waals surface area contributed by atoms with Crippen LogP contribution in [0.5, 0.6) is 11.5 Å². The number of Topliss-reactive ketones (excluding diaryl/α,β-unsaturated/α-hetero) is 1. The van der Waals surface area contributed by atoms with E-state index in [1.165, 1.54) is 7.11 Å². The van der Waals surface area contributed by atoms with Crippen LogP contribution in [0.2, 0.25) is 0 Å². The number of pyridine rings is 1. The van der Waals surface area contributed by atoms with Crippen molar-refractivity contribution < 1.29 is 44.0 Å². The van der Waals surface area contributed by atoms with Crippen LogP contribution < -0.4 is 30.1 Å². The molecule has 1 heterocycles. The van der Waals surface area contributed by atoms with E-state index in [9.17, 15) is 24.6 Å². The van der Waals surface area contributed by atoms with Crippen LogP contribution in [-0.2, 0) is 9.59 Å². The molecule has 3 rings (SSSR count). The van der Waals surface area contributed by atoms with E-state index in [4.69, 9.17) is 9.47 Å². The Kier molecular flexibility index (Phi) is 14.2. The third-order valence-corrected chi connectivity index (χ3v) is 7.85. The van der Waals surface area contributed by atoms with E-state index in [1.54, 1.807) is 49.7 Å². The van der Waals surface area contributed by atoms with Gasteiger partial charge in [-0.3, -0.25) is 14.9 Å². The summed E-state index contributed by atoms with van der Waals surface area (Å²) in [5.41, 5.74) is 2.96. The maximum atomic E-state index is 13.1. The number of ether oxygens (including phenoxy) is 2. The molecule has 0 saturated carbocycles. The lowest BCUT2D eigenvalue weighted by Crippen LogP contribution is -2.66. The van der Waals surface area contributed by atoms with Crippen LogP contribution in [0.1, 0.15) is 75.8 Å². The molecular formula is C36H48N4O7+2. The number of aliphatic hydroxyl groups is 1. The normalized spacial score (nSPS) is 12.7. The maximum absolute atomic E-state index is 13.1. The minimum atomic E-state index is -0.903. The first kappa shape index (κ1) is 36.5. The molecule has 0 aliphatic rings. The van der Waals surface area contributed by atoms with E-state index >= 15 is 0 Å². The number of aromatic amines is 1. The van der Waals surface area contributed by atoms with Crippen molar-refractivity contribution in [2.45, 2.75) is 71.6 Å². The topological polar surface area (TPSA) is 162 Å². The third kappa shape index (κ3) is 12.4. The van der Waals surface area contributed by atoms with Gasteiger partial charge in [0, 0.05) is 36.2 Å². The van der Waals surface area contributed by atoms with Gasteiger partial charge in [0.1, 0.15) is 5.78 Å². The van der Waals surface area contributed by atoms with Crippen molar-refractivity contribution in [2.24, 2.45) is 11.8 Å². The fourth-order valence-corrected chi connectivity index (χ4v) is 5.64. The average Bonchev–Trinajstić information content (AvgIpc) is 3.01. The first-order valence-electron chi connectivity index (χ1n) is 15.9. The van der Waals surface area contributed by atoms with Gasteiger partial charge in [0.15, 0.2) is 11.5 Å². The molecule has 47 heavy (non-hydrogen) atoms.